The third-order valence-electron chi connectivity index (χ3n) is 3.60. The third-order valence-corrected chi connectivity index (χ3v) is 3.60. The fraction of sp³-hybridized carbons (Fsp3) is 0.263. The summed E-state index contributed by atoms with van der Waals surface area (Å²) in [6.45, 7) is 5.62. The molecule has 0 unspecified atom stereocenters. The molecule has 0 aliphatic heterocycles. The molecule has 2 rings (SSSR count). The zero-order valence-corrected chi connectivity index (χ0v) is 14.3. The summed E-state index contributed by atoms with van der Waals surface area (Å²) in [7, 11) is 1.55. The van der Waals surface area contributed by atoms with Crippen LogP contribution in [0.1, 0.15) is 42.6 Å². The minimum atomic E-state index is -0.241. The molecule has 2 aromatic rings. The van der Waals surface area contributed by atoms with Crippen LogP contribution >= 0.6 is 0 Å². The Hall–Kier alpha value is -2.82. The largest absolute Gasteiger partial charge is 0.496 e. The predicted molar refractivity (Wildman–Crippen MR) is 95.8 cm³/mol. The topological polar surface area (TPSA) is 67.4 Å². The first-order valence-corrected chi connectivity index (χ1v) is 7.77. The molecule has 0 saturated carbocycles. The first-order chi connectivity index (χ1) is 11.4. The number of hydrogen-bond acceptors (Lipinski definition) is 3. The van der Waals surface area contributed by atoms with Crippen LogP contribution in [0.5, 0.6) is 5.75 Å². The van der Waals surface area contributed by atoms with E-state index in [9.17, 15) is 9.59 Å². The number of ether oxygens (including phenoxy) is 1. The van der Waals surface area contributed by atoms with Gasteiger partial charge in [-0.1, -0.05) is 19.9 Å². The minimum Gasteiger partial charge on any atom is -0.496 e. The highest BCUT2D eigenvalue weighted by Crippen LogP contribution is 2.25. The number of carbonyl (C=O) groups is 2. The van der Waals surface area contributed by atoms with Crippen molar-refractivity contribution in [1.82, 2.24) is 0 Å². The third kappa shape index (κ3) is 4.35. The fourth-order valence-electron chi connectivity index (χ4n) is 2.29. The molecular weight excluding hydrogens is 304 g/mol. The number of nitrogens with one attached hydrogen (secondary N) is 2. The quantitative estimate of drug-likeness (QED) is 0.871. The highest BCUT2D eigenvalue weighted by molar-refractivity contribution is 6.06. The van der Waals surface area contributed by atoms with E-state index in [1.54, 1.807) is 37.4 Å². The van der Waals surface area contributed by atoms with Gasteiger partial charge in [-0.15, -0.1) is 0 Å². The number of benzene rings is 2. The van der Waals surface area contributed by atoms with E-state index in [0.29, 0.717) is 28.6 Å². The van der Waals surface area contributed by atoms with Gasteiger partial charge in [-0.3, -0.25) is 9.59 Å². The molecular formula is C19H22N2O3. The number of rotatable bonds is 5. The summed E-state index contributed by atoms with van der Waals surface area (Å²) < 4.78 is 5.35. The molecule has 0 aromatic heterocycles. The Bertz CT molecular complexity index is 737. The Morgan fingerprint density at radius 3 is 2.04 bits per heavy atom. The van der Waals surface area contributed by atoms with Crippen LogP contribution in [0.25, 0.3) is 0 Å². The van der Waals surface area contributed by atoms with Crippen molar-refractivity contribution in [3.63, 3.8) is 0 Å². The first-order valence-electron chi connectivity index (χ1n) is 7.77. The van der Waals surface area contributed by atoms with Gasteiger partial charge in [-0.2, -0.15) is 0 Å². The lowest BCUT2D eigenvalue weighted by atomic mass is 10.0. The van der Waals surface area contributed by atoms with Crippen LogP contribution in [0.2, 0.25) is 0 Å². The van der Waals surface area contributed by atoms with Crippen molar-refractivity contribution in [2.45, 2.75) is 26.7 Å². The number of hydrogen-bond donors (Lipinski definition) is 2. The normalized spacial score (nSPS) is 10.4. The second kappa shape index (κ2) is 7.64. The molecule has 2 aromatic carbocycles. The van der Waals surface area contributed by atoms with Gasteiger partial charge in [0.25, 0.3) is 5.91 Å². The van der Waals surface area contributed by atoms with Crippen molar-refractivity contribution in [2.24, 2.45) is 0 Å². The summed E-state index contributed by atoms with van der Waals surface area (Å²) in [5.41, 5.74) is 2.92. The highest BCUT2D eigenvalue weighted by atomic mass is 16.5. The van der Waals surface area contributed by atoms with E-state index in [1.807, 2.05) is 12.1 Å². The minimum absolute atomic E-state index is 0.137. The Morgan fingerprint density at radius 1 is 0.958 bits per heavy atom. The second-order valence-corrected chi connectivity index (χ2v) is 5.83. The van der Waals surface area contributed by atoms with Crippen LogP contribution in [0.4, 0.5) is 11.4 Å². The van der Waals surface area contributed by atoms with Crippen molar-refractivity contribution >= 4 is 23.2 Å². The standard InChI is InChI=1S/C19H22N2O3/c1-12(2)14-5-10-17(18(11-14)24-4)19(23)21-16-8-6-15(7-9-16)20-13(3)22/h5-12H,1-4H3,(H,20,22)(H,21,23). The van der Waals surface area contributed by atoms with Gasteiger partial charge in [0, 0.05) is 18.3 Å². The molecule has 5 heteroatoms. The molecule has 2 N–H and O–H groups in total. The second-order valence-electron chi connectivity index (χ2n) is 5.83. The van der Waals surface area contributed by atoms with Gasteiger partial charge in [0.05, 0.1) is 12.7 Å². The van der Waals surface area contributed by atoms with Gasteiger partial charge in [0.15, 0.2) is 0 Å². The molecule has 0 spiro atoms. The van der Waals surface area contributed by atoms with E-state index in [0.717, 1.165) is 5.56 Å². The maximum absolute atomic E-state index is 12.5. The van der Waals surface area contributed by atoms with Crippen LogP contribution in [0.15, 0.2) is 42.5 Å². The SMILES string of the molecule is COc1cc(C(C)C)ccc1C(=O)Nc1ccc(NC(C)=O)cc1. The summed E-state index contributed by atoms with van der Waals surface area (Å²) in [6, 6.07) is 12.5. The van der Waals surface area contributed by atoms with Crippen LogP contribution in [-0.4, -0.2) is 18.9 Å². The molecule has 0 bridgehead atoms. The van der Waals surface area contributed by atoms with Crippen LogP contribution < -0.4 is 15.4 Å². The van der Waals surface area contributed by atoms with E-state index >= 15 is 0 Å². The molecule has 0 radical (unpaired) electrons. The van der Waals surface area contributed by atoms with E-state index in [2.05, 4.69) is 24.5 Å². The Labute approximate surface area is 142 Å². The summed E-state index contributed by atoms with van der Waals surface area (Å²) in [4.78, 5) is 23.5. The van der Waals surface area contributed by atoms with Gasteiger partial charge in [0.1, 0.15) is 5.75 Å². The average Bonchev–Trinajstić information content (AvgIpc) is 2.55. The molecule has 0 aliphatic rings. The summed E-state index contributed by atoms with van der Waals surface area (Å²) in [5, 5.41) is 5.51. The van der Waals surface area contributed by atoms with Gasteiger partial charge in [-0.05, 0) is 47.9 Å². The molecule has 0 aliphatic carbocycles. The summed E-state index contributed by atoms with van der Waals surface area (Å²) in [6.07, 6.45) is 0. The average molecular weight is 326 g/mol. The highest BCUT2D eigenvalue weighted by Gasteiger charge is 2.14. The van der Waals surface area contributed by atoms with Crippen molar-refractivity contribution < 1.29 is 14.3 Å². The van der Waals surface area contributed by atoms with Crippen LogP contribution in [0, 0.1) is 0 Å². The Balaban J connectivity index is 2.16. The number of anilines is 2. The predicted octanol–water partition coefficient (Wildman–Crippen LogP) is 4.03. The molecule has 2 amide bonds. The lowest BCUT2D eigenvalue weighted by Gasteiger charge is -2.13. The summed E-state index contributed by atoms with van der Waals surface area (Å²) >= 11 is 0. The fourth-order valence-corrected chi connectivity index (χ4v) is 2.29. The maximum Gasteiger partial charge on any atom is 0.259 e. The molecule has 5 nitrogen and oxygen atoms in total. The number of carbonyl (C=O) groups excluding carboxylic acids is 2. The maximum atomic E-state index is 12.5. The first kappa shape index (κ1) is 17.5. The van der Waals surface area contributed by atoms with Crippen molar-refractivity contribution in [3.8, 4) is 5.75 Å². The molecule has 126 valence electrons. The van der Waals surface area contributed by atoms with E-state index in [-0.39, 0.29) is 11.8 Å². The van der Waals surface area contributed by atoms with Crippen molar-refractivity contribution in [1.29, 1.82) is 0 Å². The molecule has 0 saturated heterocycles. The Morgan fingerprint density at radius 2 is 1.54 bits per heavy atom. The van der Waals surface area contributed by atoms with Crippen molar-refractivity contribution in [2.75, 3.05) is 17.7 Å². The van der Waals surface area contributed by atoms with Gasteiger partial charge < -0.3 is 15.4 Å². The van der Waals surface area contributed by atoms with E-state index < -0.39 is 0 Å². The smallest absolute Gasteiger partial charge is 0.259 e. The van der Waals surface area contributed by atoms with Crippen LogP contribution in [-0.2, 0) is 4.79 Å². The zero-order valence-electron chi connectivity index (χ0n) is 14.3. The Kier molecular flexibility index (Phi) is 5.58. The molecule has 0 heterocycles. The lowest BCUT2D eigenvalue weighted by molar-refractivity contribution is -0.114. The molecule has 24 heavy (non-hydrogen) atoms. The zero-order chi connectivity index (χ0) is 17.7. The summed E-state index contributed by atoms with van der Waals surface area (Å²) in [5.74, 6) is 0.530. The molecule has 0 atom stereocenters. The van der Waals surface area contributed by atoms with E-state index in [1.165, 1.54) is 6.92 Å². The van der Waals surface area contributed by atoms with Gasteiger partial charge in [-0.25, -0.2) is 0 Å². The van der Waals surface area contributed by atoms with Crippen molar-refractivity contribution in [3.05, 3.63) is 53.6 Å². The number of methoxy groups -OCH3 is 1. The monoisotopic (exact) mass is 326 g/mol. The lowest BCUT2D eigenvalue weighted by Crippen LogP contribution is -2.13. The van der Waals surface area contributed by atoms with Crippen LogP contribution in [0.3, 0.4) is 0 Å². The van der Waals surface area contributed by atoms with E-state index in [4.69, 9.17) is 4.74 Å². The number of amides is 2. The molecule has 0 fully saturated rings. The van der Waals surface area contributed by atoms with Gasteiger partial charge >= 0.3 is 0 Å². The van der Waals surface area contributed by atoms with Gasteiger partial charge in [0.2, 0.25) is 5.91 Å².